The standard InChI is InChI=1S/C10H13N5O2/c1-10(2,9(16)17)5-12-7-8-14-13-6-15(8)4-3-11-7/h3-4,6H,5H2,1-2H3,(H,11,12)(H,16,17). The highest BCUT2D eigenvalue weighted by molar-refractivity contribution is 5.75. The van der Waals surface area contributed by atoms with E-state index in [1.54, 1.807) is 37.0 Å². The van der Waals surface area contributed by atoms with Crippen molar-refractivity contribution in [2.45, 2.75) is 13.8 Å². The zero-order valence-electron chi connectivity index (χ0n) is 9.58. The highest BCUT2D eigenvalue weighted by atomic mass is 16.4. The summed E-state index contributed by atoms with van der Waals surface area (Å²) in [5.41, 5.74) is -0.289. The molecule has 0 atom stereocenters. The smallest absolute Gasteiger partial charge is 0.310 e. The maximum atomic E-state index is 11.0. The van der Waals surface area contributed by atoms with Gasteiger partial charge < -0.3 is 10.4 Å². The van der Waals surface area contributed by atoms with Crippen LogP contribution in [0.4, 0.5) is 5.82 Å². The Balaban J connectivity index is 2.19. The number of fused-ring (bicyclic) bond motifs is 1. The molecule has 0 spiro atoms. The van der Waals surface area contributed by atoms with Crippen molar-refractivity contribution in [1.29, 1.82) is 0 Å². The molecular formula is C10H13N5O2. The summed E-state index contributed by atoms with van der Waals surface area (Å²) in [7, 11) is 0. The fraction of sp³-hybridized carbons (Fsp3) is 0.400. The topological polar surface area (TPSA) is 92.4 Å². The lowest BCUT2D eigenvalue weighted by Crippen LogP contribution is -2.32. The summed E-state index contributed by atoms with van der Waals surface area (Å²) in [6, 6.07) is 0. The van der Waals surface area contributed by atoms with E-state index in [0.29, 0.717) is 11.5 Å². The summed E-state index contributed by atoms with van der Waals surface area (Å²) in [4.78, 5) is 15.1. The van der Waals surface area contributed by atoms with Crippen molar-refractivity contribution in [2.75, 3.05) is 11.9 Å². The van der Waals surface area contributed by atoms with E-state index < -0.39 is 11.4 Å². The van der Waals surface area contributed by atoms with Crippen molar-refractivity contribution in [3.8, 4) is 0 Å². The van der Waals surface area contributed by atoms with Gasteiger partial charge in [0.2, 0.25) is 5.65 Å². The molecule has 2 aromatic heterocycles. The summed E-state index contributed by atoms with van der Waals surface area (Å²) in [6.45, 7) is 3.56. The molecule has 0 amide bonds. The largest absolute Gasteiger partial charge is 0.481 e. The molecule has 2 N–H and O–H groups in total. The Morgan fingerprint density at radius 2 is 2.35 bits per heavy atom. The number of carboxylic acid groups (broad SMARTS) is 1. The second kappa shape index (κ2) is 4.00. The number of aliphatic carboxylic acids is 1. The summed E-state index contributed by atoms with van der Waals surface area (Å²) in [5.74, 6) is -0.335. The Morgan fingerprint density at radius 1 is 1.59 bits per heavy atom. The number of aromatic nitrogens is 4. The number of nitrogens with zero attached hydrogens (tertiary/aromatic N) is 4. The molecule has 2 aromatic rings. The quantitative estimate of drug-likeness (QED) is 0.808. The van der Waals surface area contributed by atoms with E-state index >= 15 is 0 Å². The van der Waals surface area contributed by atoms with Crippen LogP contribution < -0.4 is 5.32 Å². The number of hydrogen-bond donors (Lipinski definition) is 2. The average Bonchev–Trinajstić information content (AvgIpc) is 2.74. The molecule has 0 aromatic carbocycles. The normalized spacial score (nSPS) is 11.6. The number of nitrogens with one attached hydrogen (secondary N) is 1. The van der Waals surface area contributed by atoms with E-state index in [1.165, 1.54) is 0 Å². The molecule has 17 heavy (non-hydrogen) atoms. The maximum absolute atomic E-state index is 11.0. The summed E-state index contributed by atoms with van der Waals surface area (Å²) >= 11 is 0. The third-order valence-electron chi connectivity index (χ3n) is 2.49. The van der Waals surface area contributed by atoms with Gasteiger partial charge >= 0.3 is 5.97 Å². The SMILES string of the molecule is CC(C)(CNc1nccn2cnnc12)C(=O)O. The van der Waals surface area contributed by atoms with Crippen molar-refractivity contribution >= 4 is 17.4 Å². The fourth-order valence-corrected chi connectivity index (χ4v) is 1.26. The second-order valence-electron chi connectivity index (χ2n) is 4.38. The van der Waals surface area contributed by atoms with Crippen molar-refractivity contribution < 1.29 is 9.90 Å². The molecule has 0 aliphatic heterocycles. The molecule has 0 bridgehead atoms. The van der Waals surface area contributed by atoms with Gasteiger partial charge in [-0.1, -0.05) is 0 Å². The number of carbonyl (C=O) groups is 1. The third-order valence-corrected chi connectivity index (χ3v) is 2.49. The van der Waals surface area contributed by atoms with Crippen LogP contribution in [-0.2, 0) is 4.79 Å². The van der Waals surface area contributed by atoms with E-state index in [0.717, 1.165) is 0 Å². The molecule has 0 fully saturated rings. The highest BCUT2D eigenvalue weighted by Crippen LogP contribution is 2.17. The highest BCUT2D eigenvalue weighted by Gasteiger charge is 2.27. The minimum absolute atomic E-state index is 0.266. The maximum Gasteiger partial charge on any atom is 0.310 e. The van der Waals surface area contributed by atoms with Gasteiger partial charge in [-0.3, -0.25) is 9.20 Å². The van der Waals surface area contributed by atoms with Crippen molar-refractivity contribution in [3.63, 3.8) is 0 Å². The monoisotopic (exact) mass is 235 g/mol. The van der Waals surface area contributed by atoms with Crippen LogP contribution >= 0.6 is 0 Å². The van der Waals surface area contributed by atoms with Crippen LogP contribution in [0.15, 0.2) is 18.7 Å². The van der Waals surface area contributed by atoms with Gasteiger partial charge in [0, 0.05) is 18.9 Å². The van der Waals surface area contributed by atoms with Crippen molar-refractivity contribution in [3.05, 3.63) is 18.7 Å². The lowest BCUT2D eigenvalue weighted by molar-refractivity contribution is -0.146. The van der Waals surface area contributed by atoms with Crippen LogP contribution in [0.5, 0.6) is 0 Å². The van der Waals surface area contributed by atoms with Crippen molar-refractivity contribution in [2.24, 2.45) is 5.41 Å². The molecular weight excluding hydrogens is 222 g/mol. The zero-order chi connectivity index (χ0) is 12.5. The average molecular weight is 235 g/mol. The minimum atomic E-state index is -0.867. The van der Waals surface area contributed by atoms with Crippen molar-refractivity contribution in [1.82, 2.24) is 19.6 Å². The van der Waals surface area contributed by atoms with Crippen LogP contribution in [0, 0.1) is 5.41 Å². The number of carboxylic acids is 1. The van der Waals surface area contributed by atoms with E-state index in [-0.39, 0.29) is 6.54 Å². The van der Waals surface area contributed by atoms with E-state index in [1.807, 2.05) is 0 Å². The van der Waals surface area contributed by atoms with Crippen LogP contribution in [0.2, 0.25) is 0 Å². The molecule has 0 saturated carbocycles. The summed E-state index contributed by atoms with van der Waals surface area (Å²) in [6.07, 6.45) is 4.89. The fourth-order valence-electron chi connectivity index (χ4n) is 1.26. The van der Waals surface area contributed by atoms with Crippen LogP contribution in [0.1, 0.15) is 13.8 Å². The first-order valence-corrected chi connectivity index (χ1v) is 5.12. The predicted molar refractivity (Wildman–Crippen MR) is 60.7 cm³/mol. The van der Waals surface area contributed by atoms with E-state index in [9.17, 15) is 4.79 Å². The second-order valence-corrected chi connectivity index (χ2v) is 4.38. The van der Waals surface area contributed by atoms with Crippen LogP contribution in [-0.4, -0.2) is 37.2 Å². The molecule has 2 heterocycles. The van der Waals surface area contributed by atoms with Crippen LogP contribution in [0.25, 0.3) is 5.65 Å². The third kappa shape index (κ3) is 2.17. The molecule has 7 nitrogen and oxygen atoms in total. The summed E-state index contributed by atoms with van der Waals surface area (Å²) in [5, 5.41) is 19.6. The van der Waals surface area contributed by atoms with Gasteiger partial charge in [0.05, 0.1) is 5.41 Å². The molecule has 2 rings (SSSR count). The van der Waals surface area contributed by atoms with E-state index in [2.05, 4.69) is 20.5 Å². The van der Waals surface area contributed by atoms with Gasteiger partial charge in [0.15, 0.2) is 5.82 Å². The van der Waals surface area contributed by atoms with Crippen LogP contribution in [0.3, 0.4) is 0 Å². The molecule has 0 saturated heterocycles. The molecule has 0 radical (unpaired) electrons. The molecule has 0 aliphatic carbocycles. The number of hydrogen-bond acceptors (Lipinski definition) is 5. The lowest BCUT2D eigenvalue weighted by atomic mass is 9.94. The number of anilines is 1. The summed E-state index contributed by atoms with van der Waals surface area (Å²) < 4.78 is 1.71. The molecule has 0 unspecified atom stereocenters. The Labute approximate surface area is 97.5 Å². The Hall–Kier alpha value is -2.18. The zero-order valence-corrected chi connectivity index (χ0v) is 9.58. The van der Waals surface area contributed by atoms with Gasteiger partial charge in [-0.05, 0) is 13.8 Å². The molecule has 7 heteroatoms. The van der Waals surface area contributed by atoms with Gasteiger partial charge in [0.1, 0.15) is 6.33 Å². The molecule has 0 aliphatic rings. The van der Waals surface area contributed by atoms with Gasteiger partial charge in [-0.15, -0.1) is 10.2 Å². The lowest BCUT2D eigenvalue weighted by Gasteiger charge is -2.19. The Kier molecular flexibility index (Phi) is 2.66. The van der Waals surface area contributed by atoms with Gasteiger partial charge in [-0.2, -0.15) is 0 Å². The predicted octanol–water partition coefficient (Wildman–Crippen LogP) is 0.647. The molecule has 90 valence electrons. The first-order chi connectivity index (χ1) is 8.00. The first-order valence-electron chi connectivity index (χ1n) is 5.12. The first kappa shape index (κ1) is 11.3. The van der Waals surface area contributed by atoms with Gasteiger partial charge in [-0.25, -0.2) is 4.98 Å². The minimum Gasteiger partial charge on any atom is -0.481 e. The van der Waals surface area contributed by atoms with E-state index in [4.69, 9.17) is 5.11 Å². The Bertz CT molecular complexity index is 548. The Morgan fingerprint density at radius 3 is 3.06 bits per heavy atom. The van der Waals surface area contributed by atoms with Gasteiger partial charge in [0.25, 0.3) is 0 Å². The number of rotatable bonds is 4.